The first-order chi connectivity index (χ1) is 15.9. The highest BCUT2D eigenvalue weighted by Gasteiger charge is 2.44. The van der Waals surface area contributed by atoms with Gasteiger partial charge in [0.05, 0.1) is 18.8 Å². The molecule has 1 saturated heterocycles. The van der Waals surface area contributed by atoms with E-state index >= 15 is 0 Å². The van der Waals surface area contributed by atoms with Crippen molar-refractivity contribution in [1.29, 1.82) is 0 Å². The molecule has 2 aliphatic rings. The van der Waals surface area contributed by atoms with Crippen molar-refractivity contribution in [3.05, 3.63) is 35.7 Å². The van der Waals surface area contributed by atoms with Crippen LogP contribution in [-0.2, 0) is 6.54 Å². The maximum Gasteiger partial charge on any atom is 0.323 e. The van der Waals surface area contributed by atoms with Crippen LogP contribution in [0, 0.1) is 18.4 Å². The van der Waals surface area contributed by atoms with Gasteiger partial charge in [0, 0.05) is 55.5 Å². The number of amides is 2. The normalized spacial score (nSPS) is 22.0. The number of nitrogens with one attached hydrogen (secondary N) is 2. The molecule has 0 aromatic carbocycles. The Hall–Kier alpha value is -3.23. The van der Waals surface area contributed by atoms with E-state index in [2.05, 4.69) is 41.4 Å². The largest absolute Gasteiger partial charge is 0.380 e. The van der Waals surface area contributed by atoms with Gasteiger partial charge < -0.3 is 19.7 Å². The Balaban J connectivity index is 1.22. The van der Waals surface area contributed by atoms with Gasteiger partial charge in [-0.1, -0.05) is 0 Å². The maximum atomic E-state index is 12.8. The minimum atomic E-state index is -0.0969. The fraction of sp³-hybridized carbons (Fsp3) is 0.500. The van der Waals surface area contributed by atoms with Gasteiger partial charge in [-0.15, -0.1) is 0 Å². The Bertz CT molecular complexity index is 1200. The number of urea groups is 1. The predicted molar refractivity (Wildman–Crippen MR) is 129 cm³/mol. The number of aromatic nitrogens is 4. The number of nitrogens with zero attached hydrogens (tertiary/aromatic N) is 7. The molecule has 2 amide bonds. The first-order valence-corrected chi connectivity index (χ1v) is 11.8. The Morgan fingerprint density at radius 3 is 2.79 bits per heavy atom. The van der Waals surface area contributed by atoms with Crippen molar-refractivity contribution in [3.63, 3.8) is 0 Å². The van der Waals surface area contributed by atoms with E-state index < -0.39 is 0 Å². The Morgan fingerprint density at radius 1 is 1.33 bits per heavy atom. The zero-order chi connectivity index (χ0) is 23.1. The SMILES string of the molecule is [C-]#[N+]c1cnc2[nH]ccc2c1N(C)C1C[C@@H]2CN(C(=O)Nc3nc(CN(C)C)ns3)C[C@@H]2C1. The third-order valence-electron chi connectivity index (χ3n) is 6.71. The molecular weight excluding hydrogens is 438 g/mol. The number of anilines is 2. The number of pyridine rings is 1. The van der Waals surface area contributed by atoms with Crippen LogP contribution in [0.15, 0.2) is 18.5 Å². The minimum absolute atomic E-state index is 0.0969. The van der Waals surface area contributed by atoms with Crippen LogP contribution in [0.4, 0.5) is 21.3 Å². The van der Waals surface area contributed by atoms with Crippen LogP contribution in [0.3, 0.4) is 0 Å². The van der Waals surface area contributed by atoms with Crippen LogP contribution in [0.5, 0.6) is 0 Å². The quantitative estimate of drug-likeness (QED) is 0.561. The van der Waals surface area contributed by atoms with Gasteiger partial charge >= 0.3 is 6.03 Å². The molecular formula is C22H27N9OS. The maximum absolute atomic E-state index is 12.8. The molecule has 172 valence electrons. The van der Waals surface area contributed by atoms with Crippen molar-refractivity contribution in [2.45, 2.75) is 25.4 Å². The molecule has 2 fully saturated rings. The second-order valence-electron chi connectivity index (χ2n) is 9.19. The van der Waals surface area contributed by atoms with Crippen molar-refractivity contribution in [2.75, 3.05) is 44.4 Å². The molecule has 3 aromatic rings. The van der Waals surface area contributed by atoms with E-state index in [1.165, 1.54) is 11.5 Å². The zero-order valence-corrected chi connectivity index (χ0v) is 19.8. The van der Waals surface area contributed by atoms with Gasteiger partial charge in [0.15, 0.2) is 5.82 Å². The summed E-state index contributed by atoms with van der Waals surface area (Å²) in [5, 5.41) is 4.45. The molecule has 33 heavy (non-hydrogen) atoms. The number of carbonyl (C=O) groups is 1. The number of hydrogen-bond donors (Lipinski definition) is 2. The van der Waals surface area contributed by atoms with Gasteiger partial charge in [0.25, 0.3) is 0 Å². The highest BCUT2D eigenvalue weighted by molar-refractivity contribution is 7.09. The van der Waals surface area contributed by atoms with Crippen molar-refractivity contribution in [3.8, 4) is 0 Å². The lowest BCUT2D eigenvalue weighted by molar-refractivity contribution is 0.218. The summed E-state index contributed by atoms with van der Waals surface area (Å²) < 4.78 is 4.31. The molecule has 1 aliphatic carbocycles. The molecule has 1 saturated carbocycles. The highest BCUT2D eigenvalue weighted by Crippen LogP contribution is 2.44. The minimum Gasteiger partial charge on any atom is -0.380 e. The van der Waals surface area contributed by atoms with E-state index in [4.69, 9.17) is 6.57 Å². The lowest BCUT2D eigenvalue weighted by Gasteiger charge is -2.30. The molecule has 0 bridgehead atoms. The summed E-state index contributed by atoms with van der Waals surface area (Å²) in [6.07, 6.45) is 5.52. The zero-order valence-electron chi connectivity index (χ0n) is 18.9. The van der Waals surface area contributed by atoms with E-state index in [0.29, 0.717) is 35.2 Å². The Kier molecular flexibility index (Phi) is 5.64. The fourth-order valence-corrected chi connectivity index (χ4v) is 5.76. The van der Waals surface area contributed by atoms with E-state index in [0.717, 1.165) is 48.5 Å². The summed E-state index contributed by atoms with van der Waals surface area (Å²) in [5.74, 6) is 1.64. The average molecular weight is 466 g/mol. The van der Waals surface area contributed by atoms with Crippen LogP contribution in [0.2, 0.25) is 0 Å². The number of hydrogen-bond acceptors (Lipinski definition) is 7. The highest BCUT2D eigenvalue weighted by atomic mass is 32.1. The second-order valence-corrected chi connectivity index (χ2v) is 9.94. The molecule has 2 N–H and O–H groups in total. The molecule has 0 spiro atoms. The average Bonchev–Trinajstić information content (AvgIpc) is 3.55. The third-order valence-corrected chi connectivity index (χ3v) is 7.38. The number of aromatic amines is 1. The second kappa shape index (κ2) is 8.61. The van der Waals surface area contributed by atoms with Crippen molar-refractivity contribution in [2.24, 2.45) is 11.8 Å². The van der Waals surface area contributed by atoms with E-state index in [9.17, 15) is 4.79 Å². The molecule has 10 nitrogen and oxygen atoms in total. The number of rotatable bonds is 5. The molecule has 11 heteroatoms. The molecule has 4 heterocycles. The van der Waals surface area contributed by atoms with Crippen LogP contribution < -0.4 is 10.2 Å². The first-order valence-electron chi connectivity index (χ1n) is 11.0. The van der Waals surface area contributed by atoms with Gasteiger partial charge in [0.2, 0.25) is 10.8 Å². The van der Waals surface area contributed by atoms with Gasteiger partial charge in [-0.25, -0.2) is 14.6 Å². The lowest BCUT2D eigenvalue weighted by atomic mass is 10.0. The first kappa shape index (κ1) is 21.6. The van der Waals surface area contributed by atoms with E-state index in [1.807, 2.05) is 36.2 Å². The Morgan fingerprint density at radius 2 is 2.09 bits per heavy atom. The van der Waals surface area contributed by atoms with Crippen molar-refractivity contribution >= 4 is 45.1 Å². The third kappa shape index (κ3) is 4.12. The smallest absolute Gasteiger partial charge is 0.323 e. The molecule has 1 unspecified atom stereocenters. The van der Waals surface area contributed by atoms with E-state index in [1.54, 1.807) is 6.20 Å². The number of likely N-dealkylation sites (tertiary alicyclic amines) is 1. The Labute approximate surface area is 196 Å². The van der Waals surface area contributed by atoms with Crippen LogP contribution >= 0.6 is 11.5 Å². The number of fused-ring (bicyclic) bond motifs is 2. The summed E-state index contributed by atoms with van der Waals surface area (Å²) in [6.45, 7) is 9.73. The lowest BCUT2D eigenvalue weighted by Crippen LogP contribution is -2.36. The molecule has 0 radical (unpaired) electrons. The monoisotopic (exact) mass is 465 g/mol. The fourth-order valence-electron chi connectivity index (χ4n) is 5.19. The molecule has 1 aliphatic heterocycles. The topological polar surface area (TPSA) is 97.6 Å². The standard InChI is InChI=1S/C22H27N9OS/c1-23-17-9-25-20-16(5-6-24-20)19(17)30(4)15-7-13-10-31(11-14(13)8-15)22(32)27-21-26-18(28-33-21)12-29(2)3/h5-6,9,13-15H,7-8,10-12H2,2-4H3,(H,24,25)(H,26,27,28,32)/t13-,14+,15?. The van der Waals surface area contributed by atoms with Gasteiger partial charge in [-0.05, 0) is 44.8 Å². The summed E-state index contributed by atoms with van der Waals surface area (Å²) in [5.41, 5.74) is 2.32. The van der Waals surface area contributed by atoms with Crippen LogP contribution in [0.25, 0.3) is 15.9 Å². The van der Waals surface area contributed by atoms with Gasteiger partial charge in [-0.2, -0.15) is 4.37 Å². The summed E-state index contributed by atoms with van der Waals surface area (Å²) >= 11 is 1.22. The van der Waals surface area contributed by atoms with Gasteiger partial charge in [0.1, 0.15) is 5.65 Å². The van der Waals surface area contributed by atoms with Crippen molar-refractivity contribution in [1.82, 2.24) is 29.1 Å². The predicted octanol–water partition coefficient (Wildman–Crippen LogP) is 3.41. The summed E-state index contributed by atoms with van der Waals surface area (Å²) in [7, 11) is 6.00. The summed E-state index contributed by atoms with van der Waals surface area (Å²) in [6, 6.07) is 2.23. The number of carbonyl (C=O) groups excluding carboxylic acids is 1. The number of H-pyrrole nitrogens is 1. The van der Waals surface area contributed by atoms with Crippen LogP contribution in [-0.4, -0.2) is 75.4 Å². The van der Waals surface area contributed by atoms with Gasteiger partial charge in [-0.3, -0.25) is 10.3 Å². The molecule has 3 atom stereocenters. The van der Waals surface area contributed by atoms with Crippen LogP contribution in [0.1, 0.15) is 18.7 Å². The van der Waals surface area contributed by atoms with E-state index in [-0.39, 0.29) is 6.03 Å². The van der Waals surface area contributed by atoms with Crippen molar-refractivity contribution < 1.29 is 4.79 Å². The molecule has 5 rings (SSSR count). The summed E-state index contributed by atoms with van der Waals surface area (Å²) in [4.78, 5) is 34.6. The molecule has 3 aromatic heterocycles.